The maximum atomic E-state index is 3.95. The van der Waals surface area contributed by atoms with Gasteiger partial charge in [-0.3, -0.25) is 14.8 Å². The Bertz CT molecular complexity index is 821. The van der Waals surface area contributed by atoms with Gasteiger partial charge in [0.1, 0.15) is 0 Å². The van der Waals surface area contributed by atoms with Gasteiger partial charge in [-0.25, -0.2) is 0 Å². The van der Waals surface area contributed by atoms with Gasteiger partial charge in [0.05, 0.1) is 27.2 Å². The zero-order chi connectivity index (χ0) is 18.7. The van der Waals surface area contributed by atoms with Crippen LogP contribution in [0.25, 0.3) is 0 Å². The molecule has 0 amide bonds. The van der Waals surface area contributed by atoms with Crippen LogP contribution in [0.5, 0.6) is 0 Å². The number of nitrogens with one attached hydrogen (secondary N) is 1. The van der Waals surface area contributed by atoms with Crippen molar-refractivity contribution in [2.45, 2.75) is 5.54 Å². The summed E-state index contributed by atoms with van der Waals surface area (Å²) in [7, 11) is 4.30. The second-order valence-electron chi connectivity index (χ2n) is 7.14. The third-order valence-corrected chi connectivity index (χ3v) is 5.41. The summed E-state index contributed by atoms with van der Waals surface area (Å²) in [6.07, 6.45) is 0. The molecule has 1 N–H and O–H groups in total. The van der Waals surface area contributed by atoms with Crippen LogP contribution < -0.4 is 5.32 Å². The molecule has 3 heteroatoms. The standard InChI is InChI=1S/C24H25N3/c1-26-18-19-27(2)23(26)25-24(20-12-6-3-7-13-20,21-14-8-4-9-15-21)22-16-10-5-11-17-22/h3-17H,18-19H2,1-2H3/p+1. The van der Waals surface area contributed by atoms with Crippen molar-refractivity contribution in [3.8, 4) is 0 Å². The van der Waals surface area contributed by atoms with Crippen LogP contribution in [0, 0.1) is 0 Å². The molecule has 0 radical (unpaired) electrons. The Morgan fingerprint density at radius 1 is 0.741 bits per heavy atom. The van der Waals surface area contributed by atoms with Crippen LogP contribution in [-0.2, 0) is 5.54 Å². The fourth-order valence-corrected chi connectivity index (χ4v) is 3.94. The minimum atomic E-state index is -0.466. The number of hydrogen-bond donors (Lipinski definition) is 1. The van der Waals surface area contributed by atoms with E-state index < -0.39 is 5.54 Å². The van der Waals surface area contributed by atoms with Gasteiger partial charge in [0.15, 0.2) is 5.54 Å². The second-order valence-corrected chi connectivity index (χ2v) is 7.14. The first-order chi connectivity index (χ1) is 13.2. The highest BCUT2D eigenvalue weighted by Crippen LogP contribution is 2.37. The van der Waals surface area contributed by atoms with Gasteiger partial charge in [0.2, 0.25) is 0 Å². The molecule has 0 fully saturated rings. The smallest absolute Gasteiger partial charge is 0.264 e. The highest BCUT2D eigenvalue weighted by atomic mass is 15.4. The van der Waals surface area contributed by atoms with E-state index in [0.29, 0.717) is 0 Å². The summed E-state index contributed by atoms with van der Waals surface area (Å²) in [5.74, 6) is 1.14. The molecular weight excluding hydrogens is 330 g/mol. The van der Waals surface area contributed by atoms with E-state index in [-0.39, 0.29) is 0 Å². The number of guanidine groups is 1. The van der Waals surface area contributed by atoms with Crippen molar-refractivity contribution in [1.82, 2.24) is 10.2 Å². The van der Waals surface area contributed by atoms with Gasteiger partial charge in [0, 0.05) is 16.7 Å². The summed E-state index contributed by atoms with van der Waals surface area (Å²) in [6, 6.07) is 32.2. The van der Waals surface area contributed by atoms with Crippen LogP contribution in [0.2, 0.25) is 0 Å². The molecule has 1 heterocycles. The maximum absolute atomic E-state index is 3.95. The van der Waals surface area contributed by atoms with Crippen LogP contribution in [0.3, 0.4) is 0 Å². The number of hydrogen-bond acceptors (Lipinski definition) is 2. The fraction of sp³-hybridized carbons (Fsp3) is 0.208. The van der Waals surface area contributed by atoms with Crippen LogP contribution in [0.1, 0.15) is 16.7 Å². The van der Waals surface area contributed by atoms with Crippen molar-refractivity contribution in [1.29, 1.82) is 0 Å². The van der Waals surface area contributed by atoms with Crippen molar-refractivity contribution < 1.29 is 4.58 Å². The molecule has 0 saturated carbocycles. The van der Waals surface area contributed by atoms with Gasteiger partial charge in [-0.1, -0.05) is 91.0 Å². The lowest BCUT2D eigenvalue weighted by Gasteiger charge is -2.35. The van der Waals surface area contributed by atoms with Gasteiger partial charge in [-0.2, -0.15) is 0 Å². The Morgan fingerprint density at radius 2 is 1.15 bits per heavy atom. The number of benzene rings is 3. The predicted octanol–water partition coefficient (Wildman–Crippen LogP) is 3.51. The van der Waals surface area contributed by atoms with Crippen molar-refractivity contribution in [3.05, 3.63) is 108 Å². The van der Waals surface area contributed by atoms with Crippen LogP contribution >= 0.6 is 0 Å². The summed E-state index contributed by atoms with van der Waals surface area (Å²) in [6.45, 7) is 2.04. The van der Waals surface area contributed by atoms with Gasteiger partial charge < -0.3 is 0 Å². The van der Waals surface area contributed by atoms with Crippen molar-refractivity contribution in [2.24, 2.45) is 0 Å². The van der Waals surface area contributed by atoms with E-state index in [4.69, 9.17) is 0 Å². The third kappa shape index (κ3) is 3.10. The molecule has 0 aromatic heterocycles. The molecule has 136 valence electrons. The molecule has 0 unspecified atom stereocenters. The van der Waals surface area contributed by atoms with Crippen molar-refractivity contribution >= 4 is 5.96 Å². The van der Waals surface area contributed by atoms with Gasteiger partial charge in [0.25, 0.3) is 0 Å². The number of nitrogens with zero attached hydrogens (tertiary/aromatic N) is 2. The highest BCUT2D eigenvalue weighted by molar-refractivity contribution is 5.79. The zero-order valence-corrected chi connectivity index (χ0v) is 16.0. The van der Waals surface area contributed by atoms with E-state index in [2.05, 4.69) is 120 Å². The highest BCUT2D eigenvalue weighted by Gasteiger charge is 2.43. The van der Waals surface area contributed by atoms with E-state index in [1.54, 1.807) is 0 Å². The number of likely N-dealkylation sites (N-methyl/N-ethyl adjacent to an activating group) is 2. The summed E-state index contributed by atoms with van der Waals surface area (Å²) < 4.78 is 2.30. The lowest BCUT2D eigenvalue weighted by molar-refractivity contribution is -0.488. The summed E-state index contributed by atoms with van der Waals surface area (Å²) in [4.78, 5) is 2.30. The zero-order valence-electron chi connectivity index (χ0n) is 16.0. The average molecular weight is 356 g/mol. The summed E-state index contributed by atoms with van der Waals surface area (Å²) in [5.41, 5.74) is 3.21. The molecule has 0 saturated heterocycles. The Kier molecular flexibility index (Phi) is 4.68. The molecule has 1 aliphatic rings. The quantitative estimate of drug-likeness (QED) is 0.570. The van der Waals surface area contributed by atoms with Crippen LogP contribution in [-0.4, -0.2) is 42.6 Å². The predicted molar refractivity (Wildman–Crippen MR) is 111 cm³/mol. The molecule has 4 rings (SSSR count). The topological polar surface area (TPSA) is 18.3 Å². The van der Waals surface area contributed by atoms with Gasteiger partial charge in [-0.15, -0.1) is 0 Å². The molecule has 1 aliphatic heterocycles. The lowest BCUT2D eigenvalue weighted by atomic mass is 9.77. The van der Waals surface area contributed by atoms with Crippen LogP contribution in [0.15, 0.2) is 91.0 Å². The Morgan fingerprint density at radius 3 is 1.48 bits per heavy atom. The Balaban J connectivity index is 1.99. The second kappa shape index (κ2) is 7.28. The monoisotopic (exact) mass is 356 g/mol. The largest absolute Gasteiger partial charge is 0.349 e. The first-order valence-corrected chi connectivity index (χ1v) is 9.46. The molecular formula is C24H26N3+. The summed E-state index contributed by atoms with van der Waals surface area (Å²) in [5, 5.41) is 3.95. The molecule has 3 nitrogen and oxygen atoms in total. The lowest BCUT2D eigenvalue weighted by Crippen LogP contribution is -2.53. The van der Waals surface area contributed by atoms with Crippen molar-refractivity contribution in [3.63, 3.8) is 0 Å². The Hall–Kier alpha value is -3.07. The molecule has 3 aromatic rings. The van der Waals surface area contributed by atoms with E-state index in [0.717, 1.165) is 19.0 Å². The minimum Gasteiger partial charge on any atom is -0.264 e. The van der Waals surface area contributed by atoms with E-state index in [9.17, 15) is 0 Å². The minimum absolute atomic E-state index is 0.466. The number of rotatable bonds is 4. The van der Waals surface area contributed by atoms with Gasteiger partial charge in [-0.05, 0) is 0 Å². The van der Waals surface area contributed by atoms with Gasteiger partial charge >= 0.3 is 5.96 Å². The molecule has 3 aromatic carbocycles. The summed E-state index contributed by atoms with van der Waals surface area (Å²) >= 11 is 0. The molecule has 27 heavy (non-hydrogen) atoms. The molecule has 0 bridgehead atoms. The maximum Gasteiger partial charge on any atom is 0.349 e. The SMILES string of the molecule is CN1CC[N+](C)=C1NC(c1ccccc1)(c1ccccc1)c1ccccc1. The first-order valence-electron chi connectivity index (χ1n) is 9.46. The van der Waals surface area contributed by atoms with E-state index >= 15 is 0 Å². The van der Waals surface area contributed by atoms with Crippen LogP contribution in [0.4, 0.5) is 0 Å². The first kappa shape index (κ1) is 17.3. The Labute approximate surface area is 161 Å². The molecule has 0 atom stereocenters. The normalized spacial score (nSPS) is 14.5. The molecule has 0 spiro atoms. The van der Waals surface area contributed by atoms with E-state index in [1.165, 1.54) is 16.7 Å². The van der Waals surface area contributed by atoms with Crippen molar-refractivity contribution in [2.75, 3.05) is 27.2 Å². The molecule has 0 aliphatic carbocycles. The van der Waals surface area contributed by atoms with E-state index in [1.807, 2.05) is 0 Å². The third-order valence-electron chi connectivity index (χ3n) is 5.41. The fourth-order valence-electron chi connectivity index (χ4n) is 3.94. The average Bonchev–Trinajstić information content (AvgIpc) is 3.05.